The molecule has 1 heterocycles. The van der Waals surface area contributed by atoms with Gasteiger partial charge in [-0.3, -0.25) is 9.59 Å². The van der Waals surface area contributed by atoms with Crippen LogP contribution in [0.4, 0.5) is 0 Å². The van der Waals surface area contributed by atoms with Crippen molar-refractivity contribution >= 4 is 11.8 Å². The molecule has 1 unspecified atom stereocenters. The van der Waals surface area contributed by atoms with E-state index >= 15 is 0 Å². The van der Waals surface area contributed by atoms with E-state index in [0.717, 1.165) is 5.56 Å². The Morgan fingerprint density at radius 3 is 2.43 bits per heavy atom. The average molecular weight is 285 g/mol. The summed E-state index contributed by atoms with van der Waals surface area (Å²) in [6.07, 6.45) is 1.30. The minimum atomic E-state index is -0.761. The first-order chi connectivity index (χ1) is 10.2. The molecule has 1 saturated heterocycles. The number of hydrogen-bond donors (Lipinski definition) is 1. The molecule has 1 aliphatic rings. The molecule has 0 spiro atoms. The fourth-order valence-electron chi connectivity index (χ4n) is 2.67. The monoisotopic (exact) mass is 285 g/mol. The van der Waals surface area contributed by atoms with Gasteiger partial charge in [0.1, 0.15) is 5.92 Å². The predicted octanol–water partition coefficient (Wildman–Crippen LogP) is 1.28. The fraction of sp³-hybridized carbons (Fsp3) is 0.438. The third-order valence-corrected chi connectivity index (χ3v) is 3.93. The molecule has 0 saturated carbocycles. The highest BCUT2D eigenvalue weighted by Crippen LogP contribution is 2.23. The number of hydrogen-bond acceptors (Lipinski definition) is 3. The Kier molecular flexibility index (Phi) is 4.94. The molecule has 2 rings (SSSR count). The Bertz CT molecular complexity index is 542. The molecule has 1 aromatic rings. The van der Waals surface area contributed by atoms with Crippen LogP contribution in [0.3, 0.4) is 0 Å². The van der Waals surface area contributed by atoms with Gasteiger partial charge in [0.15, 0.2) is 0 Å². The van der Waals surface area contributed by atoms with Gasteiger partial charge in [-0.1, -0.05) is 30.3 Å². The molecule has 2 amide bonds. The summed E-state index contributed by atoms with van der Waals surface area (Å²) in [5.41, 5.74) is 0.721. The van der Waals surface area contributed by atoms with Crippen molar-refractivity contribution < 1.29 is 9.59 Å². The van der Waals surface area contributed by atoms with Crippen LogP contribution in [0.2, 0.25) is 0 Å². The number of carbonyl (C=O) groups excluding carboxylic acids is 2. The predicted molar refractivity (Wildman–Crippen MR) is 78.2 cm³/mol. The lowest BCUT2D eigenvalue weighted by atomic mass is 9.93. The number of piperidine rings is 1. The lowest BCUT2D eigenvalue weighted by molar-refractivity contribution is -0.135. The number of nitrogens with zero attached hydrogens (tertiary/aromatic N) is 2. The molecule has 1 fully saturated rings. The van der Waals surface area contributed by atoms with Crippen molar-refractivity contribution in [2.75, 3.05) is 20.1 Å². The number of benzene rings is 1. The van der Waals surface area contributed by atoms with E-state index in [2.05, 4.69) is 11.4 Å². The first-order valence-electron chi connectivity index (χ1n) is 7.12. The van der Waals surface area contributed by atoms with Crippen LogP contribution in [0.1, 0.15) is 24.3 Å². The van der Waals surface area contributed by atoms with Gasteiger partial charge in [-0.05, 0) is 18.4 Å². The highest BCUT2D eigenvalue weighted by Gasteiger charge is 2.31. The number of rotatable bonds is 3. The molecular weight excluding hydrogens is 266 g/mol. The Morgan fingerprint density at radius 2 is 1.90 bits per heavy atom. The minimum Gasteiger partial charge on any atom is -0.359 e. The molecule has 1 aliphatic heterocycles. The first-order valence-corrected chi connectivity index (χ1v) is 7.12. The van der Waals surface area contributed by atoms with Crippen molar-refractivity contribution in [3.8, 4) is 6.07 Å². The van der Waals surface area contributed by atoms with E-state index in [1.54, 1.807) is 24.1 Å². The number of nitriles is 1. The smallest absolute Gasteiger partial charge is 0.244 e. The van der Waals surface area contributed by atoms with Gasteiger partial charge < -0.3 is 10.2 Å². The van der Waals surface area contributed by atoms with Crippen molar-refractivity contribution in [3.63, 3.8) is 0 Å². The van der Waals surface area contributed by atoms with Crippen molar-refractivity contribution in [1.82, 2.24) is 10.2 Å². The van der Waals surface area contributed by atoms with Crippen LogP contribution in [0.15, 0.2) is 30.3 Å². The first kappa shape index (κ1) is 15.0. The Hall–Kier alpha value is -2.35. The Labute approximate surface area is 124 Å². The summed E-state index contributed by atoms with van der Waals surface area (Å²) in [6.45, 7) is 1.06. The molecule has 110 valence electrons. The summed E-state index contributed by atoms with van der Waals surface area (Å²) in [5, 5.41) is 11.9. The molecule has 21 heavy (non-hydrogen) atoms. The lowest BCUT2D eigenvalue weighted by Gasteiger charge is -2.32. The van der Waals surface area contributed by atoms with Gasteiger partial charge in [-0.25, -0.2) is 0 Å². The lowest BCUT2D eigenvalue weighted by Crippen LogP contribution is -2.44. The van der Waals surface area contributed by atoms with Gasteiger partial charge in [0.2, 0.25) is 11.8 Å². The molecule has 1 aromatic carbocycles. The molecule has 5 heteroatoms. The van der Waals surface area contributed by atoms with Crippen LogP contribution in [0, 0.1) is 17.2 Å². The maximum atomic E-state index is 12.5. The summed E-state index contributed by atoms with van der Waals surface area (Å²) in [4.78, 5) is 25.8. The van der Waals surface area contributed by atoms with Crippen LogP contribution in [0.25, 0.3) is 0 Å². The molecule has 5 nitrogen and oxygen atoms in total. The average Bonchev–Trinajstić information content (AvgIpc) is 2.56. The zero-order valence-electron chi connectivity index (χ0n) is 12.1. The molecule has 1 N–H and O–H groups in total. The van der Waals surface area contributed by atoms with E-state index in [9.17, 15) is 14.9 Å². The number of amides is 2. The zero-order chi connectivity index (χ0) is 15.2. The number of nitrogens with one attached hydrogen (secondary N) is 1. The Morgan fingerprint density at radius 1 is 1.29 bits per heavy atom. The van der Waals surface area contributed by atoms with Crippen molar-refractivity contribution in [3.05, 3.63) is 35.9 Å². The highest BCUT2D eigenvalue weighted by atomic mass is 16.2. The van der Waals surface area contributed by atoms with Crippen LogP contribution >= 0.6 is 0 Å². The van der Waals surface area contributed by atoms with Gasteiger partial charge in [0.25, 0.3) is 0 Å². The van der Waals surface area contributed by atoms with Gasteiger partial charge >= 0.3 is 0 Å². The second kappa shape index (κ2) is 6.89. The van der Waals surface area contributed by atoms with Crippen LogP contribution < -0.4 is 5.32 Å². The maximum absolute atomic E-state index is 12.5. The standard InChI is InChI=1S/C16H19N3O2/c1-18-15(20)13-7-9-19(10-8-13)16(21)14(11-17)12-5-3-2-4-6-12/h2-6,13-14H,7-10H2,1H3,(H,18,20). The number of carbonyl (C=O) groups is 2. The summed E-state index contributed by atoms with van der Waals surface area (Å²) >= 11 is 0. The molecule has 0 aliphatic carbocycles. The van der Waals surface area contributed by atoms with Gasteiger partial charge in [0.05, 0.1) is 6.07 Å². The third-order valence-electron chi connectivity index (χ3n) is 3.93. The van der Waals surface area contributed by atoms with E-state index < -0.39 is 5.92 Å². The van der Waals surface area contributed by atoms with Crippen LogP contribution in [0.5, 0.6) is 0 Å². The number of likely N-dealkylation sites (tertiary alicyclic amines) is 1. The van der Waals surface area contributed by atoms with Gasteiger partial charge in [-0.15, -0.1) is 0 Å². The molecule has 0 radical (unpaired) electrons. The quantitative estimate of drug-likeness (QED) is 0.909. The highest BCUT2D eigenvalue weighted by molar-refractivity contribution is 5.87. The summed E-state index contributed by atoms with van der Waals surface area (Å²) in [5.74, 6) is -0.930. The summed E-state index contributed by atoms with van der Waals surface area (Å²) in [7, 11) is 1.63. The van der Waals surface area contributed by atoms with E-state index in [0.29, 0.717) is 25.9 Å². The summed E-state index contributed by atoms with van der Waals surface area (Å²) in [6, 6.07) is 11.2. The van der Waals surface area contributed by atoms with Crippen LogP contribution in [-0.4, -0.2) is 36.9 Å². The molecular formula is C16H19N3O2. The second-order valence-corrected chi connectivity index (χ2v) is 5.19. The summed E-state index contributed by atoms with van der Waals surface area (Å²) < 4.78 is 0. The minimum absolute atomic E-state index is 0.0296. The Balaban J connectivity index is 2.01. The molecule has 0 bridgehead atoms. The molecule has 0 aromatic heterocycles. The van der Waals surface area contributed by atoms with Crippen LogP contribution in [-0.2, 0) is 9.59 Å². The zero-order valence-corrected chi connectivity index (χ0v) is 12.1. The van der Waals surface area contributed by atoms with E-state index in [-0.39, 0.29) is 17.7 Å². The fourth-order valence-corrected chi connectivity index (χ4v) is 2.67. The largest absolute Gasteiger partial charge is 0.359 e. The second-order valence-electron chi connectivity index (χ2n) is 5.19. The van der Waals surface area contributed by atoms with Gasteiger partial charge in [0, 0.05) is 26.1 Å². The normalized spacial score (nSPS) is 16.9. The van der Waals surface area contributed by atoms with E-state index in [1.807, 2.05) is 18.2 Å². The molecule has 1 atom stereocenters. The van der Waals surface area contributed by atoms with E-state index in [1.165, 1.54) is 0 Å². The third kappa shape index (κ3) is 3.40. The van der Waals surface area contributed by atoms with Crippen molar-refractivity contribution in [2.45, 2.75) is 18.8 Å². The van der Waals surface area contributed by atoms with Crippen molar-refractivity contribution in [2.24, 2.45) is 5.92 Å². The van der Waals surface area contributed by atoms with E-state index in [4.69, 9.17) is 0 Å². The van der Waals surface area contributed by atoms with Crippen molar-refractivity contribution in [1.29, 1.82) is 5.26 Å². The topological polar surface area (TPSA) is 73.2 Å². The van der Waals surface area contributed by atoms with Gasteiger partial charge in [-0.2, -0.15) is 5.26 Å². The SMILES string of the molecule is CNC(=O)C1CCN(C(=O)C(C#N)c2ccccc2)CC1. The maximum Gasteiger partial charge on any atom is 0.244 e.